The van der Waals surface area contributed by atoms with Crippen molar-refractivity contribution in [2.45, 2.75) is 6.42 Å². The van der Waals surface area contributed by atoms with E-state index in [0.29, 0.717) is 11.1 Å². The minimum atomic E-state index is -0.268. The molecule has 14 heavy (non-hydrogen) atoms. The molecule has 0 aromatic heterocycles. The third-order valence-electron chi connectivity index (χ3n) is 2.73. The second-order valence-electron chi connectivity index (χ2n) is 3.53. The number of halogens is 1. The molecule has 0 aliphatic heterocycles. The molecule has 0 heterocycles. The Labute approximate surface area is 80.2 Å². The number of ketones is 1. The Morgan fingerprint density at radius 2 is 2.00 bits per heavy atom. The highest BCUT2D eigenvalue weighted by atomic mass is 19.1. The van der Waals surface area contributed by atoms with Crippen molar-refractivity contribution in [3.63, 3.8) is 0 Å². The van der Waals surface area contributed by atoms with Crippen LogP contribution in [0, 0.1) is 5.82 Å². The Kier molecular flexibility index (Phi) is 1.32. The molecular formula is C12H7FO. The number of rotatable bonds is 0. The van der Waals surface area contributed by atoms with Gasteiger partial charge in [-0.05, 0) is 16.8 Å². The molecule has 0 saturated carbocycles. The molecule has 2 aromatic rings. The Bertz CT molecular complexity index is 557. The first kappa shape index (κ1) is 7.68. The lowest BCUT2D eigenvalue weighted by Gasteiger charge is -2.00. The normalized spacial score (nSPS) is 13.9. The fourth-order valence-corrected chi connectivity index (χ4v) is 2.09. The molecule has 0 spiro atoms. The molecule has 0 radical (unpaired) electrons. The number of hydrogen-bond donors (Lipinski definition) is 0. The van der Waals surface area contributed by atoms with Crippen molar-refractivity contribution >= 4 is 16.6 Å². The van der Waals surface area contributed by atoms with Crippen LogP contribution in [0.25, 0.3) is 10.8 Å². The summed E-state index contributed by atoms with van der Waals surface area (Å²) in [4.78, 5) is 11.5. The lowest BCUT2D eigenvalue weighted by atomic mass is 10.1. The van der Waals surface area contributed by atoms with Crippen molar-refractivity contribution in [2.24, 2.45) is 0 Å². The van der Waals surface area contributed by atoms with Gasteiger partial charge in [0.15, 0.2) is 5.78 Å². The summed E-state index contributed by atoms with van der Waals surface area (Å²) in [6.45, 7) is 0. The third kappa shape index (κ3) is 0.803. The molecule has 0 bridgehead atoms. The average molecular weight is 186 g/mol. The first-order chi connectivity index (χ1) is 6.77. The van der Waals surface area contributed by atoms with Gasteiger partial charge in [0.05, 0.1) is 0 Å². The summed E-state index contributed by atoms with van der Waals surface area (Å²) in [5.41, 5.74) is 1.22. The first-order valence-electron chi connectivity index (χ1n) is 4.50. The Morgan fingerprint density at radius 1 is 1.14 bits per heavy atom. The summed E-state index contributed by atoms with van der Waals surface area (Å²) >= 11 is 0. The van der Waals surface area contributed by atoms with E-state index in [0.717, 1.165) is 10.8 Å². The zero-order valence-electron chi connectivity index (χ0n) is 7.38. The van der Waals surface area contributed by atoms with E-state index in [1.165, 1.54) is 6.07 Å². The molecule has 0 saturated heterocycles. The lowest BCUT2D eigenvalue weighted by Crippen LogP contribution is -1.94. The fourth-order valence-electron chi connectivity index (χ4n) is 2.09. The lowest BCUT2D eigenvalue weighted by molar-refractivity contribution is 0.0999. The predicted molar refractivity (Wildman–Crippen MR) is 51.9 cm³/mol. The number of hydrogen-bond acceptors (Lipinski definition) is 1. The van der Waals surface area contributed by atoms with E-state index in [2.05, 4.69) is 0 Å². The summed E-state index contributed by atoms with van der Waals surface area (Å²) in [6.07, 6.45) is 0.211. The Morgan fingerprint density at radius 3 is 2.86 bits per heavy atom. The van der Waals surface area contributed by atoms with Crippen molar-refractivity contribution in [3.05, 3.63) is 47.3 Å². The van der Waals surface area contributed by atoms with Crippen molar-refractivity contribution < 1.29 is 9.18 Å². The van der Waals surface area contributed by atoms with Crippen LogP contribution in [0.2, 0.25) is 0 Å². The molecule has 1 nitrogen and oxygen atoms in total. The van der Waals surface area contributed by atoms with Crippen molar-refractivity contribution in [1.29, 1.82) is 0 Å². The molecule has 0 amide bonds. The van der Waals surface area contributed by atoms with Crippen LogP contribution in [0.5, 0.6) is 0 Å². The smallest absolute Gasteiger partial charge is 0.168 e. The van der Waals surface area contributed by atoms with Crippen LogP contribution in [-0.2, 0) is 6.42 Å². The highest BCUT2D eigenvalue weighted by Crippen LogP contribution is 2.32. The molecule has 0 fully saturated rings. The monoisotopic (exact) mass is 186 g/mol. The average Bonchev–Trinajstić information content (AvgIpc) is 2.53. The van der Waals surface area contributed by atoms with E-state index < -0.39 is 0 Å². The standard InChI is InChI=1S/C12H7FO/c13-10-5-4-7-2-1-3-8-11(14)6-9(10)12(7)8/h1-5H,6H2. The van der Waals surface area contributed by atoms with Crippen LogP contribution in [0.1, 0.15) is 15.9 Å². The summed E-state index contributed by atoms with van der Waals surface area (Å²) in [7, 11) is 0. The zero-order chi connectivity index (χ0) is 9.71. The van der Waals surface area contributed by atoms with Gasteiger partial charge in [-0.3, -0.25) is 4.79 Å². The van der Waals surface area contributed by atoms with Gasteiger partial charge >= 0.3 is 0 Å². The van der Waals surface area contributed by atoms with E-state index in [1.807, 2.05) is 12.1 Å². The van der Waals surface area contributed by atoms with Gasteiger partial charge in [0, 0.05) is 17.5 Å². The fraction of sp³-hybridized carbons (Fsp3) is 0.0833. The molecule has 0 N–H and O–H groups in total. The van der Waals surface area contributed by atoms with Gasteiger partial charge in [0.2, 0.25) is 0 Å². The van der Waals surface area contributed by atoms with E-state index in [-0.39, 0.29) is 18.0 Å². The molecule has 2 aromatic carbocycles. The summed E-state index contributed by atoms with van der Waals surface area (Å²) in [5, 5.41) is 1.75. The van der Waals surface area contributed by atoms with Gasteiger partial charge in [-0.25, -0.2) is 4.39 Å². The topological polar surface area (TPSA) is 17.1 Å². The second kappa shape index (κ2) is 2.41. The van der Waals surface area contributed by atoms with Gasteiger partial charge in [-0.1, -0.05) is 24.3 Å². The van der Waals surface area contributed by atoms with Crippen molar-refractivity contribution in [2.75, 3.05) is 0 Å². The molecule has 1 aliphatic carbocycles. The second-order valence-corrected chi connectivity index (χ2v) is 3.53. The van der Waals surface area contributed by atoms with Gasteiger partial charge in [0.1, 0.15) is 5.82 Å². The molecule has 2 heteroatoms. The summed E-state index contributed by atoms with van der Waals surface area (Å²) < 4.78 is 13.4. The largest absolute Gasteiger partial charge is 0.294 e. The number of carbonyl (C=O) groups excluding carboxylic acids is 1. The quantitative estimate of drug-likeness (QED) is 0.618. The molecular weight excluding hydrogens is 179 g/mol. The van der Waals surface area contributed by atoms with Crippen LogP contribution in [0.3, 0.4) is 0 Å². The highest BCUT2D eigenvalue weighted by molar-refractivity contribution is 6.15. The first-order valence-corrected chi connectivity index (χ1v) is 4.50. The van der Waals surface area contributed by atoms with E-state index >= 15 is 0 Å². The molecule has 3 rings (SSSR count). The maximum Gasteiger partial charge on any atom is 0.168 e. The predicted octanol–water partition coefficient (Wildman–Crippen LogP) is 2.72. The Hall–Kier alpha value is -1.70. The summed E-state index contributed by atoms with van der Waals surface area (Å²) in [5.74, 6) is -0.244. The van der Waals surface area contributed by atoms with Crippen LogP contribution < -0.4 is 0 Å². The maximum absolute atomic E-state index is 13.4. The number of carbonyl (C=O) groups is 1. The Balaban J connectivity index is 2.58. The molecule has 1 aliphatic rings. The number of Topliss-reactive ketones (excluding diaryl/α,β-unsaturated/α-hetero) is 1. The van der Waals surface area contributed by atoms with Crippen molar-refractivity contribution in [3.8, 4) is 0 Å². The summed E-state index contributed by atoms with van der Waals surface area (Å²) in [6, 6.07) is 8.65. The van der Waals surface area contributed by atoms with Crippen molar-refractivity contribution in [1.82, 2.24) is 0 Å². The molecule has 68 valence electrons. The highest BCUT2D eigenvalue weighted by Gasteiger charge is 2.23. The van der Waals surface area contributed by atoms with Crippen LogP contribution in [0.4, 0.5) is 4.39 Å². The van der Waals surface area contributed by atoms with E-state index in [4.69, 9.17) is 0 Å². The van der Waals surface area contributed by atoms with Gasteiger partial charge in [0.25, 0.3) is 0 Å². The maximum atomic E-state index is 13.4. The zero-order valence-corrected chi connectivity index (χ0v) is 7.38. The van der Waals surface area contributed by atoms with Crippen LogP contribution in [0.15, 0.2) is 30.3 Å². The van der Waals surface area contributed by atoms with Gasteiger partial charge in [-0.2, -0.15) is 0 Å². The van der Waals surface area contributed by atoms with Gasteiger partial charge < -0.3 is 0 Å². The third-order valence-corrected chi connectivity index (χ3v) is 2.73. The minimum absolute atomic E-state index is 0.0238. The van der Waals surface area contributed by atoms with Gasteiger partial charge in [-0.15, -0.1) is 0 Å². The number of benzene rings is 2. The van der Waals surface area contributed by atoms with Crippen LogP contribution in [-0.4, -0.2) is 5.78 Å². The van der Waals surface area contributed by atoms with E-state index in [9.17, 15) is 9.18 Å². The van der Waals surface area contributed by atoms with Crippen LogP contribution >= 0.6 is 0 Å². The molecule has 0 unspecified atom stereocenters. The minimum Gasteiger partial charge on any atom is -0.294 e. The van der Waals surface area contributed by atoms with E-state index in [1.54, 1.807) is 12.1 Å². The molecule has 0 atom stereocenters. The SMILES string of the molecule is O=C1Cc2c(F)ccc3cccc1c23.